The van der Waals surface area contributed by atoms with Gasteiger partial charge in [-0.3, -0.25) is 4.98 Å². The van der Waals surface area contributed by atoms with Crippen LogP contribution in [0.3, 0.4) is 0 Å². The van der Waals surface area contributed by atoms with E-state index < -0.39 is 0 Å². The van der Waals surface area contributed by atoms with Crippen LogP contribution in [0.5, 0.6) is 0 Å². The van der Waals surface area contributed by atoms with Gasteiger partial charge in [0.1, 0.15) is 11.6 Å². The molecule has 0 bridgehead atoms. The van der Waals surface area contributed by atoms with Crippen molar-refractivity contribution in [2.75, 3.05) is 17.7 Å². The van der Waals surface area contributed by atoms with Gasteiger partial charge in [-0.05, 0) is 16.3 Å². The molecule has 0 spiro atoms. The summed E-state index contributed by atoms with van der Waals surface area (Å²) in [5.41, 5.74) is 1.25. The molecule has 0 saturated heterocycles. The average Bonchev–Trinajstić information content (AvgIpc) is 2.53. The Balaban J connectivity index is 1.83. The van der Waals surface area contributed by atoms with Crippen molar-refractivity contribution in [2.24, 2.45) is 0 Å². The molecule has 0 atom stereocenters. The zero-order valence-corrected chi connectivity index (χ0v) is 11.3. The summed E-state index contributed by atoms with van der Waals surface area (Å²) in [5, 5.41) is 8.81. The first-order chi connectivity index (χ1) is 9.86. The van der Waals surface area contributed by atoms with Crippen LogP contribution >= 0.6 is 0 Å². The third-order valence-corrected chi connectivity index (χ3v) is 3.23. The highest BCUT2D eigenvalue weighted by Crippen LogP contribution is 2.19. The zero-order chi connectivity index (χ0) is 13.8. The quantitative estimate of drug-likeness (QED) is 0.759. The minimum Gasteiger partial charge on any atom is -0.372 e. The third kappa shape index (κ3) is 2.54. The van der Waals surface area contributed by atoms with Crippen LogP contribution in [0.25, 0.3) is 10.8 Å². The summed E-state index contributed by atoms with van der Waals surface area (Å²) in [5.74, 6) is 1.53. The predicted molar refractivity (Wildman–Crippen MR) is 82.9 cm³/mol. The Hall–Kier alpha value is -2.62. The van der Waals surface area contributed by atoms with Gasteiger partial charge in [-0.2, -0.15) is 0 Å². The van der Waals surface area contributed by atoms with Gasteiger partial charge in [-0.25, -0.2) is 4.98 Å². The first kappa shape index (κ1) is 12.4. The Bertz CT molecular complexity index is 719. The van der Waals surface area contributed by atoms with Gasteiger partial charge in [0.25, 0.3) is 0 Å². The number of aromatic nitrogens is 2. The number of rotatable bonds is 4. The summed E-state index contributed by atoms with van der Waals surface area (Å²) < 4.78 is 0. The van der Waals surface area contributed by atoms with Crippen molar-refractivity contribution < 1.29 is 0 Å². The van der Waals surface area contributed by atoms with E-state index in [9.17, 15) is 0 Å². The molecule has 1 heterocycles. The second kappa shape index (κ2) is 5.57. The highest BCUT2D eigenvalue weighted by molar-refractivity contribution is 5.85. The highest BCUT2D eigenvalue weighted by Gasteiger charge is 2.01. The van der Waals surface area contributed by atoms with E-state index in [0.29, 0.717) is 0 Å². The van der Waals surface area contributed by atoms with E-state index in [2.05, 4.69) is 63.1 Å². The monoisotopic (exact) mass is 264 g/mol. The molecule has 2 N–H and O–H groups in total. The average molecular weight is 264 g/mol. The Labute approximate surface area is 117 Å². The largest absolute Gasteiger partial charge is 0.372 e. The molecule has 100 valence electrons. The van der Waals surface area contributed by atoms with Crippen LogP contribution in [-0.2, 0) is 6.54 Å². The Morgan fingerprint density at radius 2 is 1.75 bits per heavy atom. The molecule has 0 radical (unpaired) electrons. The molecule has 0 fully saturated rings. The van der Waals surface area contributed by atoms with Crippen LogP contribution in [0.2, 0.25) is 0 Å². The molecule has 3 aromatic rings. The van der Waals surface area contributed by atoms with Gasteiger partial charge in [0, 0.05) is 13.6 Å². The fraction of sp³-hybridized carbons (Fsp3) is 0.125. The summed E-state index contributed by atoms with van der Waals surface area (Å²) >= 11 is 0. The maximum absolute atomic E-state index is 4.40. The Kier molecular flexibility index (Phi) is 3.46. The van der Waals surface area contributed by atoms with Crippen LogP contribution in [-0.4, -0.2) is 17.0 Å². The van der Waals surface area contributed by atoms with Gasteiger partial charge < -0.3 is 10.6 Å². The molecule has 4 heteroatoms. The van der Waals surface area contributed by atoms with Crippen LogP contribution in [0.15, 0.2) is 54.9 Å². The van der Waals surface area contributed by atoms with Crippen molar-refractivity contribution >= 4 is 22.4 Å². The molecular weight excluding hydrogens is 248 g/mol. The first-order valence-corrected chi connectivity index (χ1v) is 6.57. The second-order valence-corrected chi connectivity index (χ2v) is 4.53. The number of nitrogens with zero attached hydrogens (tertiary/aromatic N) is 2. The third-order valence-electron chi connectivity index (χ3n) is 3.23. The van der Waals surface area contributed by atoms with Gasteiger partial charge in [-0.1, -0.05) is 42.5 Å². The molecule has 2 aromatic carbocycles. The molecule has 0 aliphatic rings. The maximum Gasteiger partial charge on any atom is 0.147 e. The van der Waals surface area contributed by atoms with E-state index in [1.54, 1.807) is 12.4 Å². The number of benzene rings is 2. The topological polar surface area (TPSA) is 49.8 Å². The lowest BCUT2D eigenvalue weighted by Gasteiger charge is -2.09. The Morgan fingerprint density at radius 1 is 0.950 bits per heavy atom. The molecule has 1 aromatic heterocycles. The predicted octanol–water partition coefficient (Wildman–Crippen LogP) is 3.28. The van der Waals surface area contributed by atoms with Crippen molar-refractivity contribution in [1.29, 1.82) is 0 Å². The lowest BCUT2D eigenvalue weighted by molar-refractivity contribution is 1.09. The summed E-state index contributed by atoms with van der Waals surface area (Å²) in [4.78, 5) is 8.54. The van der Waals surface area contributed by atoms with Gasteiger partial charge >= 0.3 is 0 Å². The van der Waals surface area contributed by atoms with Gasteiger partial charge in [0.05, 0.1) is 12.4 Å². The summed E-state index contributed by atoms with van der Waals surface area (Å²) in [6.45, 7) is 0.725. The Morgan fingerprint density at radius 3 is 2.65 bits per heavy atom. The second-order valence-electron chi connectivity index (χ2n) is 4.53. The number of fused-ring (bicyclic) bond motifs is 1. The highest BCUT2D eigenvalue weighted by atomic mass is 15.1. The maximum atomic E-state index is 4.40. The van der Waals surface area contributed by atoms with Gasteiger partial charge in [-0.15, -0.1) is 0 Å². The minimum absolute atomic E-state index is 0.725. The van der Waals surface area contributed by atoms with E-state index in [4.69, 9.17) is 0 Å². The number of anilines is 2. The summed E-state index contributed by atoms with van der Waals surface area (Å²) in [6.07, 6.45) is 3.43. The van der Waals surface area contributed by atoms with Crippen LogP contribution < -0.4 is 10.6 Å². The first-order valence-electron chi connectivity index (χ1n) is 6.57. The van der Waals surface area contributed by atoms with Crippen molar-refractivity contribution in [3.63, 3.8) is 0 Å². The van der Waals surface area contributed by atoms with E-state index in [0.717, 1.165) is 18.2 Å². The van der Waals surface area contributed by atoms with E-state index in [1.807, 2.05) is 7.05 Å². The fourth-order valence-corrected chi connectivity index (χ4v) is 2.20. The number of nitrogens with one attached hydrogen (secondary N) is 2. The van der Waals surface area contributed by atoms with E-state index in [1.165, 1.54) is 16.3 Å². The molecule has 0 aliphatic heterocycles. The SMILES string of the molecule is CNc1cncc(NCc2cccc3ccccc23)n1. The smallest absolute Gasteiger partial charge is 0.147 e. The normalized spacial score (nSPS) is 10.4. The minimum atomic E-state index is 0.725. The van der Waals surface area contributed by atoms with Gasteiger partial charge in [0.15, 0.2) is 0 Å². The lowest BCUT2D eigenvalue weighted by Crippen LogP contribution is -2.04. The van der Waals surface area contributed by atoms with Crippen molar-refractivity contribution in [2.45, 2.75) is 6.54 Å². The number of hydrogen-bond acceptors (Lipinski definition) is 4. The van der Waals surface area contributed by atoms with Gasteiger partial charge in [0.2, 0.25) is 0 Å². The van der Waals surface area contributed by atoms with Crippen LogP contribution in [0.4, 0.5) is 11.6 Å². The van der Waals surface area contributed by atoms with E-state index >= 15 is 0 Å². The van der Waals surface area contributed by atoms with Crippen molar-refractivity contribution in [3.8, 4) is 0 Å². The molecule has 0 amide bonds. The number of hydrogen-bond donors (Lipinski definition) is 2. The zero-order valence-electron chi connectivity index (χ0n) is 11.3. The van der Waals surface area contributed by atoms with Crippen LogP contribution in [0.1, 0.15) is 5.56 Å². The molecule has 20 heavy (non-hydrogen) atoms. The van der Waals surface area contributed by atoms with E-state index in [-0.39, 0.29) is 0 Å². The molecular formula is C16H16N4. The van der Waals surface area contributed by atoms with Crippen molar-refractivity contribution in [3.05, 3.63) is 60.4 Å². The molecule has 0 saturated carbocycles. The molecule has 0 aliphatic carbocycles. The lowest BCUT2D eigenvalue weighted by atomic mass is 10.0. The standard InChI is InChI=1S/C16H16N4/c1-17-15-10-18-11-16(20-15)19-9-13-7-4-6-12-5-2-3-8-14(12)13/h2-8,10-11H,9H2,1H3,(H2,17,19,20). The summed E-state index contributed by atoms with van der Waals surface area (Å²) in [7, 11) is 1.83. The fourth-order valence-electron chi connectivity index (χ4n) is 2.20. The molecule has 3 rings (SSSR count). The summed E-state index contributed by atoms with van der Waals surface area (Å²) in [6, 6.07) is 14.7. The molecule has 0 unspecified atom stereocenters. The molecule has 4 nitrogen and oxygen atoms in total. The van der Waals surface area contributed by atoms with Crippen LogP contribution in [0, 0.1) is 0 Å². The van der Waals surface area contributed by atoms with Crippen molar-refractivity contribution in [1.82, 2.24) is 9.97 Å².